The number of amidine groups is 1. The van der Waals surface area contributed by atoms with Crippen molar-refractivity contribution >= 4 is 27.5 Å². The highest BCUT2D eigenvalue weighted by molar-refractivity contribution is 9.10. The Labute approximate surface area is 130 Å². The Morgan fingerprint density at radius 3 is 2.71 bits per heavy atom. The van der Waals surface area contributed by atoms with Crippen LogP contribution in [0.2, 0.25) is 0 Å². The summed E-state index contributed by atoms with van der Waals surface area (Å²) in [5, 5.41) is 11.9. The maximum absolute atomic E-state index is 13.7. The first-order valence-corrected chi connectivity index (χ1v) is 7.04. The first-order chi connectivity index (χ1) is 10.0. The number of rotatable bonds is 4. The summed E-state index contributed by atoms with van der Waals surface area (Å²) in [6, 6.07) is 12.0. The number of hydrogen-bond donors (Lipinski definition) is 2. The van der Waals surface area contributed by atoms with Crippen molar-refractivity contribution in [3.05, 3.63) is 63.9 Å². The topological polar surface area (TPSA) is 61.8 Å². The summed E-state index contributed by atoms with van der Waals surface area (Å²) < 4.78 is 14.5. The molecule has 0 heterocycles. The van der Waals surface area contributed by atoms with Crippen LogP contribution in [-0.2, 0) is 6.54 Å². The molecular weight excluding hydrogens is 337 g/mol. The molecule has 0 saturated heterocycles. The first-order valence-electron chi connectivity index (χ1n) is 6.25. The normalized spacial score (nSPS) is 11.5. The van der Waals surface area contributed by atoms with Gasteiger partial charge in [-0.2, -0.15) is 0 Å². The van der Waals surface area contributed by atoms with Crippen LogP contribution in [0.15, 0.2) is 52.1 Å². The molecule has 0 aliphatic heterocycles. The summed E-state index contributed by atoms with van der Waals surface area (Å²) in [6.07, 6.45) is 0. The average molecular weight is 352 g/mol. The monoisotopic (exact) mass is 351 g/mol. The standard InChI is InChI=1S/C15H15BrFN3O/c1-20(9-10-4-2-3-5-13(10)17)14-7-6-11(16)8-12(14)15(18)19-21/h2-8,21H,9H2,1H3,(H2,18,19). The third kappa shape index (κ3) is 3.52. The van der Waals surface area contributed by atoms with Crippen molar-refractivity contribution in [3.63, 3.8) is 0 Å². The zero-order valence-electron chi connectivity index (χ0n) is 11.4. The fourth-order valence-corrected chi connectivity index (χ4v) is 2.43. The van der Waals surface area contributed by atoms with Gasteiger partial charge in [-0.15, -0.1) is 0 Å². The van der Waals surface area contributed by atoms with E-state index in [4.69, 9.17) is 10.9 Å². The van der Waals surface area contributed by atoms with E-state index in [1.54, 1.807) is 24.3 Å². The van der Waals surface area contributed by atoms with Crippen LogP contribution in [-0.4, -0.2) is 18.1 Å². The number of halogens is 2. The van der Waals surface area contributed by atoms with E-state index >= 15 is 0 Å². The molecule has 0 saturated carbocycles. The van der Waals surface area contributed by atoms with E-state index in [0.29, 0.717) is 17.7 Å². The van der Waals surface area contributed by atoms with Crippen LogP contribution in [0.4, 0.5) is 10.1 Å². The van der Waals surface area contributed by atoms with E-state index in [1.807, 2.05) is 24.1 Å². The molecular formula is C15H15BrFN3O. The molecule has 0 spiro atoms. The average Bonchev–Trinajstić information content (AvgIpc) is 2.48. The van der Waals surface area contributed by atoms with Crippen molar-refractivity contribution in [2.75, 3.05) is 11.9 Å². The van der Waals surface area contributed by atoms with Crippen molar-refractivity contribution in [2.24, 2.45) is 10.9 Å². The summed E-state index contributed by atoms with van der Waals surface area (Å²) in [5.41, 5.74) is 7.60. The van der Waals surface area contributed by atoms with Gasteiger partial charge in [0.25, 0.3) is 0 Å². The lowest BCUT2D eigenvalue weighted by molar-refractivity contribution is 0.318. The molecule has 110 valence electrons. The van der Waals surface area contributed by atoms with Crippen LogP contribution in [0.1, 0.15) is 11.1 Å². The lowest BCUT2D eigenvalue weighted by Crippen LogP contribution is -2.23. The number of hydrogen-bond acceptors (Lipinski definition) is 3. The minimum absolute atomic E-state index is 0.00619. The second kappa shape index (κ2) is 6.58. The third-order valence-corrected chi connectivity index (χ3v) is 3.61. The van der Waals surface area contributed by atoms with Gasteiger partial charge in [-0.25, -0.2) is 4.39 Å². The Bertz CT molecular complexity index is 676. The molecule has 0 unspecified atom stereocenters. The third-order valence-electron chi connectivity index (χ3n) is 3.12. The number of anilines is 1. The van der Waals surface area contributed by atoms with E-state index in [1.165, 1.54) is 6.07 Å². The predicted octanol–water partition coefficient (Wildman–Crippen LogP) is 3.32. The molecule has 2 rings (SSSR count). The van der Waals surface area contributed by atoms with Crippen LogP contribution < -0.4 is 10.6 Å². The zero-order valence-corrected chi connectivity index (χ0v) is 13.0. The number of nitrogens with two attached hydrogens (primary N) is 1. The Hall–Kier alpha value is -2.08. The van der Waals surface area contributed by atoms with Gasteiger partial charge in [-0.1, -0.05) is 39.3 Å². The molecule has 0 bridgehead atoms. The van der Waals surface area contributed by atoms with Crippen molar-refractivity contribution in [1.82, 2.24) is 0 Å². The molecule has 2 aromatic carbocycles. The molecule has 0 radical (unpaired) electrons. The van der Waals surface area contributed by atoms with Crippen molar-refractivity contribution in [3.8, 4) is 0 Å². The summed E-state index contributed by atoms with van der Waals surface area (Å²) in [7, 11) is 1.82. The number of oxime groups is 1. The predicted molar refractivity (Wildman–Crippen MR) is 85.2 cm³/mol. The second-order valence-electron chi connectivity index (χ2n) is 4.59. The highest BCUT2D eigenvalue weighted by Crippen LogP contribution is 2.25. The number of nitrogens with zero attached hydrogens (tertiary/aromatic N) is 2. The van der Waals surface area contributed by atoms with E-state index < -0.39 is 0 Å². The van der Waals surface area contributed by atoms with E-state index in [-0.39, 0.29) is 11.7 Å². The molecule has 0 amide bonds. The molecule has 4 nitrogen and oxygen atoms in total. The largest absolute Gasteiger partial charge is 0.409 e. The maximum atomic E-state index is 13.7. The second-order valence-corrected chi connectivity index (χ2v) is 5.51. The van der Waals surface area contributed by atoms with Crippen molar-refractivity contribution in [2.45, 2.75) is 6.54 Å². The zero-order chi connectivity index (χ0) is 15.4. The SMILES string of the molecule is CN(Cc1ccccc1F)c1ccc(Br)cc1/C(N)=N/O. The molecule has 0 aliphatic rings. The quantitative estimate of drug-likeness (QED) is 0.384. The molecule has 0 aliphatic carbocycles. The van der Waals surface area contributed by atoms with Crippen LogP contribution in [0.3, 0.4) is 0 Å². The Morgan fingerprint density at radius 2 is 2.05 bits per heavy atom. The Balaban J connectivity index is 2.35. The van der Waals surface area contributed by atoms with Crippen LogP contribution >= 0.6 is 15.9 Å². The summed E-state index contributed by atoms with van der Waals surface area (Å²) in [5.74, 6) is -0.251. The van der Waals surface area contributed by atoms with Gasteiger partial charge in [0.2, 0.25) is 0 Å². The van der Waals surface area contributed by atoms with E-state index in [9.17, 15) is 4.39 Å². The molecule has 2 aromatic rings. The highest BCUT2D eigenvalue weighted by Gasteiger charge is 2.13. The minimum atomic E-state index is -0.258. The van der Waals surface area contributed by atoms with Crippen LogP contribution in [0, 0.1) is 5.82 Å². The lowest BCUT2D eigenvalue weighted by atomic mass is 10.1. The molecule has 21 heavy (non-hydrogen) atoms. The van der Waals surface area contributed by atoms with Crippen LogP contribution in [0.5, 0.6) is 0 Å². The van der Waals surface area contributed by atoms with Gasteiger partial charge in [0.05, 0.1) is 0 Å². The van der Waals surface area contributed by atoms with Gasteiger partial charge in [-0.05, 0) is 24.3 Å². The van der Waals surface area contributed by atoms with Gasteiger partial charge in [-0.3, -0.25) is 0 Å². The Morgan fingerprint density at radius 1 is 1.33 bits per heavy atom. The molecule has 6 heteroatoms. The fraction of sp³-hybridized carbons (Fsp3) is 0.133. The summed E-state index contributed by atoms with van der Waals surface area (Å²) in [4.78, 5) is 1.85. The number of benzene rings is 2. The minimum Gasteiger partial charge on any atom is -0.409 e. The smallest absolute Gasteiger partial charge is 0.172 e. The molecule has 0 atom stereocenters. The summed E-state index contributed by atoms with van der Waals surface area (Å²) >= 11 is 3.35. The van der Waals surface area contributed by atoms with Crippen LogP contribution in [0.25, 0.3) is 0 Å². The van der Waals surface area contributed by atoms with Gasteiger partial charge in [0, 0.05) is 34.9 Å². The van der Waals surface area contributed by atoms with E-state index in [2.05, 4.69) is 21.1 Å². The van der Waals surface area contributed by atoms with Gasteiger partial charge >= 0.3 is 0 Å². The first kappa shape index (κ1) is 15.3. The molecule has 0 aromatic heterocycles. The summed E-state index contributed by atoms with van der Waals surface area (Å²) in [6.45, 7) is 0.375. The van der Waals surface area contributed by atoms with Crippen molar-refractivity contribution < 1.29 is 9.60 Å². The van der Waals surface area contributed by atoms with Gasteiger partial charge in [0.1, 0.15) is 5.82 Å². The van der Waals surface area contributed by atoms with Crippen molar-refractivity contribution in [1.29, 1.82) is 0 Å². The highest BCUT2D eigenvalue weighted by atomic mass is 79.9. The van der Waals surface area contributed by atoms with E-state index in [0.717, 1.165) is 10.2 Å². The Kier molecular flexibility index (Phi) is 4.80. The fourth-order valence-electron chi connectivity index (χ4n) is 2.07. The lowest BCUT2D eigenvalue weighted by Gasteiger charge is -2.22. The van der Waals surface area contributed by atoms with Gasteiger partial charge in [0.15, 0.2) is 5.84 Å². The maximum Gasteiger partial charge on any atom is 0.172 e. The molecule has 3 N–H and O–H groups in total. The molecule has 0 fully saturated rings. The van der Waals surface area contributed by atoms with Gasteiger partial charge < -0.3 is 15.8 Å².